The van der Waals surface area contributed by atoms with Crippen LogP contribution in [0.5, 0.6) is 0 Å². The number of nitriles is 1. The molecule has 8 nitrogen and oxygen atoms in total. The van der Waals surface area contributed by atoms with Crippen LogP contribution < -0.4 is 15.1 Å². The Kier molecular flexibility index (Phi) is 5.60. The maximum absolute atomic E-state index is 11.2. The molecule has 198 valence electrons. The van der Waals surface area contributed by atoms with E-state index in [1.54, 1.807) is 12.1 Å². The van der Waals surface area contributed by atoms with Crippen molar-refractivity contribution in [2.24, 2.45) is 5.92 Å². The van der Waals surface area contributed by atoms with Crippen LogP contribution >= 0.6 is 0 Å². The van der Waals surface area contributed by atoms with Gasteiger partial charge in [0.1, 0.15) is 5.82 Å². The first-order valence-corrected chi connectivity index (χ1v) is 14.0. The largest absolute Gasteiger partial charge is 0.364 e. The van der Waals surface area contributed by atoms with E-state index in [0.29, 0.717) is 29.6 Å². The molecule has 3 aromatic rings. The average Bonchev–Trinajstić information content (AvgIpc) is 3.47. The molecule has 2 saturated heterocycles. The van der Waals surface area contributed by atoms with Crippen LogP contribution in [0.3, 0.4) is 0 Å². The molecule has 7 rings (SSSR count). The van der Waals surface area contributed by atoms with Crippen molar-refractivity contribution in [1.82, 2.24) is 10.3 Å². The Morgan fingerprint density at radius 2 is 1.90 bits per heavy atom. The topological polar surface area (TPSA) is 98.3 Å². The summed E-state index contributed by atoms with van der Waals surface area (Å²) in [6, 6.07) is 22.8. The van der Waals surface area contributed by atoms with E-state index in [1.165, 1.54) is 12.8 Å². The maximum Gasteiger partial charge on any atom is 0.269 e. The fraction of sp³-hybridized carbons (Fsp3) is 0.419. The molecular formula is C31H32N6O2. The van der Waals surface area contributed by atoms with Gasteiger partial charge in [0.2, 0.25) is 0 Å². The van der Waals surface area contributed by atoms with Gasteiger partial charge in [-0.05, 0) is 73.7 Å². The lowest BCUT2D eigenvalue weighted by Gasteiger charge is -2.58. The van der Waals surface area contributed by atoms with Crippen molar-refractivity contribution in [1.29, 1.82) is 5.26 Å². The Labute approximate surface area is 228 Å². The summed E-state index contributed by atoms with van der Waals surface area (Å²) in [7, 11) is 0. The highest BCUT2D eigenvalue weighted by Crippen LogP contribution is 2.53. The van der Waals surface area contributed by atoms with Crippen molar-refractivity contribution < 1.29 is 4.92 Å². The molecule has 1 unspecified atom stereocenters. The summed E-state index contributed by atoms with van der Waals surface area (Å²) in [4.78, 5) is 21.0. The van der Waals surface area contributed by atoms with Gasteiger partial charge in [0, 0.05) is 48.6 Å². The van der Waals surface area contributed by atoms with Gasteiger partial charge in [0.15, 0.2) is 0 Å². The van der Waals surface area contributed by atoms with E-state index in [9.17, 15) is 15.4 Å². The molecule has 0 spiro atoms. The minimum absolute atomic E-state index is 0.0924. The van der Waals surface area contributed by atoms with Gasteiger partial charge in [-0.2, -0.15) is 5.26 Å². The molecule has 2 bridgehead atoms. The van der Waals surface area contributed by atoms with Crippen molar-refractivity contribution in [3.8, 4) is 17.2 Å². The van der Waals surface area contributed by atoms with Crippen molar-refractivity contribution in [3.63, 3.8) is 0 Å². The Hall–Kier alpha value is -3.96. The number of hydrogen-bond acceptors (Lipinski definition) is 7. The number of nitro benzene ring substituents is 1. The summed E-state index contributed by atoms with van der Waals surface area (Å²) in [6.07, 6.45) is 7.78. The second-order valence-corrected chi connectivity index (χ2v) is 11.8. The van der Waals surface area contributed by atoms with Crippen LogP contribution in [0.4, 0.5) is 17.2 Å². The van der Waals surface area contributed by atoms with Gasteiger partial charge in [-0.1, -0.05) is 25.0 Å². The molecule has 3 heterocycles. The quantitative estimate of drug-likeness (QED) is 0.369. The predicted molar refractivity (Wildman–Crippen MR) is 151 cm³/mol. The van der Waals surface area contributed by atoms with Gasteiger partial charge in [0.25, 0.3) is 5.69 Å². The molecule has 1 aromatic heterocycles. The molecule has 2 saturated carbocycles. The molecule has 4 aliphatic rings. The van der Waals surface area contributed by atoms with Gasteiger partial charge in [-0.3, -0.25) is 10.1 Å². The Bertz CT molecular complexity index is 1470. The van der Waals surface area contributed by atoms with Gasteiger partial charge in [0.05, 0.1) is 34.2 Å². The van der Waals surface area contributed by atoms with Gasteiger partial charge in [-0.15, -0.1) is 0 Å². The van der Waals surface area contributed by atoms with E-state index < -0.39 is 0 Å². The second kappa shape index (κ2) is 9.06. The van der Waals surface area contributed by atoms with E-state index in [0.717, 1.165) is 48.4 Å². The molecule has 2 aromatic carbocycles. The van der Waals surface area contributed by atoms with Crippen LogP contribution in [0.1, 0.15) is 44.6 Å². The zero-order valence-corrected chi connectivity index (χ0v) is 22.0. The van der Waals surface area contributed by atoms with Crippen molar-refractivity contribution in [2.45, 2.75) is 68.7 Å². The minimum Gasteiger partial charge on any atom is -0.364 e. The molecule has 0 radical (unpaired) electrons. The van der Waals surface area contributed by atoms with Gasteiger partial charge >= 0.3 is 0 Å². The molecule has 4 fully saturated rings. The molecule has 2 aliphatic heterocycles. The fourth-order valence-corrected chi connectivity index (χ4v) is 8.05. The van der Waals surface area contributed by atoms with E-state index in [2.05, 4.69) is 40.2 Å². The molecule has 8 heteroatoms. The van der Waals surface area contributed by atoms with Crippen molar-refractivity contribution in [3.05, 3.63) is 82.5 Å². The normalized spacial score (nSPS) is 30.9. The molecule has 0 amide bonds. The third kappa shape index (κ3) is 3.79. The number of nitro groups is 1. The summed E-state index contributed by atoms with van der Waals surface area (Å²) in [6.45, 7) is 3.29. The molecule has 39 heavy (non-hydrogen) atoms. The highest BCUT2D eigenvalue weighted by atomic mass is 16.6. The number of non-ortho nitro benzene ring substituents is 1. The monoisotopic (exact) mass is 520 g/mol. The zero-order chi connectivity index (χ0) is 26.7. The molecular weight excluding hydrogens is 488 g/mol. The van der Waals surface area contributed by atoms with Crippen molar-refractivity contribution in [2.75, 3.05) is 16.3 Å². The highest BCUT2D eigenvalue weighted by Gasteiger charge is 2.64. The average molecular weight is 521 g/mol. The highest BCUT2D eigenvalue weighted by molar-refractivity contribution is 5.69. The fourth-order valence-electron chi connectivity index (χ4n) is 8.05. The first-order valence-electron chi connectivity index (χ1n) is 14.0. The number of benzene rings is 2. The summed E-state index contributed by atoms with van der Waals surface area (Å²) in [5, 5.41) is 24.8. The van der Waals surface area contributed by atoms with Crippen LogP contribution in [0.25, 0.3) is 11.1 Å². The molecule has 6 atom stereocenters. The standard InChI is InChI=1S/C31H32N6O2/c1-31-17-23(19-35(31)24-9-11-25(12-10-24)37(38)39)29-30(31)34-26-7-2-3-8-27(26)36(29)28-16-22(13-14-33-28)21-6-4-5-20(15-21)18-32/h4-6,9-16,23,26-27,29-30,34H,2-3,7-8,17,19H2,1H3/t23-,26-,27-,29?,30+,31-/m1/s1. The maximum atomic E-state index is 11.2. The lowest BCUT2D eigenvalue weighted by molar-refractivity contribution is -0.384. The van der Waals surface area contributed by atoms with E-state index in [4.69, 9.17) is 4.98 Å². The smallest absolute Gasteiger partial charge is 0.269 e. The van der Waals surface area contributed by atoms with Crippen LogP contribution in [-0.2, 0) is 0 Å². The number of anilines is 2. The minimum atomic E-state index is -0.334. The number of piperidine rings is 1. The van der Waals surface area contributed by atoms with Gasteiger partial charge < -0.3 is 15.1 Å². The predicted octanol–water partition coefficient (Wildman–Crippen LogP) is 5.29. The lowest BCUT2D eigenvalue weighted by Crippen LogP contribution is -2.75. The summed E-state index contributed by atoms with van der Waals surface area (Å²) >= 11 is 0. The number of fused-ring (bicyclic) bond motifs is 6. The summed E-state index contributed by atoms with van der Waals surface area (Å²) in [5.41, 5.74) is 3.87. The van der Waals surface area contributed by atoms with Crippen LogP contribution in [-0.4, -0.2) is 46.2 Å². The van der Waals surface area contributed by atoms with Crippen LogP contribution in [0.15, 0.2) is 66.9 Å². The van der Waals surface area contributed by atoms with Gasteiger partial charge in [-0.25, -0.2) is 4.98 Å². The summed E-state index contributed by atoms with van der Waals surface area (Å²) < 4.78 is 0. The number of nitrogens with zero attached hydrogens (tertiary/aromatic N) is 5. The van der Waals surface area contributed by atoms with E-state index >= 15 is 0 Å². The van der Waals surface area contributed by atoms with Crippen molar-refractivity contribution >= 4 is 17.2 Å². The number of rotatable bonds is 4. The molecule has 2 aliphatic carbocycles. The third-order valence-corrected chi connectivity index (χ3v) is 9.71. The van der Waals surface area contributed by atoms with E-state index in [1.807, 2.05) is 42.6 Å². The Balaban J connectivity index is 1.26. The summed E-state index contributed by atoms with van der Waals surface area (Å²) in [5.74, 6) is 1.49. The lowest BCUT2D eigenvalue weighted by atomic mass is 9.79. The first kappa shape index (κ1) is 24.1. The Morgan fingerprint density at radius 3 is 2.69 bits per heavy atom. The SMILES string of the molecule is C[C@]12C[C@H](CN1c1ccc([N+](=O)[O-])cc1)C1[C@@H]2N[C@@H]2CCCC[C@H]2N1c1cc(-c2cccc(C#N)c2)ccn1. The molecule has 1 N–H and O–H groups in total. The number of hydrogen-bond donors (Lipinski definition) is 1. The number of aromatic nitrogens is 1. The number of pyridine rings is 1. The second-order valence-electron chi connectivity index (χ2n) is 11.8. The number of nitrogens with one attached hydrogen (secondary N) is 1. The third-order valence-electron chi connectivity index (χ3n) is 9.71. The zero-order valence-electron chi connectivity index (χ0n) is 22.0. The van der Waals surface area contributed by atoms with Crippen LogP contribution in [0, 0.1) is 27.4 Å². The first-order chi connectivity index (χ1) is 19.0. The Morgan fingerprint density at radius 1 is 1.10 bits per heavy atom. The van der Waals surface area contributed by atoms with Crippen LogP contribution in [0.2, 0.25) is 0 Å². The number of piperazine rings is 1. The van der Waals surface area contributed by atoms with E-state index in [-0.39, 0.29) is 22.2 Å².